The first-order valence-electron chi connectivity index (χ1n) is 7.74. The monoisotopic (exact) mass is 374 g/mol. The Morgan fingerprint density at radius 1 is 1.17 bits per heavy atom. The second kappa shape index (κ2) is 7.04. The number of alkyl halides is 3. The number of aryl methyl sites for hydroxylation is 1. The zero-order valence-electron chi connectivity index (χ0n) is 13.2. The molecule has 0 aliphatic carbocycles. The second-order valence-electron chi connectivity index (χ2n) is 5.87. The van der Waals surface area contributed by atoms with Gasteiger partial charge in [-0.05, 0) is 42.8 Å². The molecule has 0 saturated carbocycles. The topological polar surface area (TPSA) is 15.3 Å². The highest BCUT2D eigenvalue weighted by atomic mass is 35.5. The van der Waals surface area contributed by atoms with E-state index in [2.05, 4.69) is 10.2 Å². The SMILES string of the molecule is Cc1ccc(C(c2cc(C(F)(F)F)ccc2Cl)N2CCNCC2)s1. The highest BCUT2D eigenvalue weighted by Crippen LogP contribution is 2.40. The van der Waals surface area contributed by atoms with Crippen molar-refractivity contribution in [1.82, 2.24) is 10.2 Å². The maximum atomic E-state index is 13.1. The van der Waals surface area contributed by atoms with E-state index < -0.39 is 11.7 Å². The van der Waals surface area contributed by atoms with Gasteiger partial charge >= 0.3 is 6.18 Å². The van der Waals surface area contributed by atoms with Crippen LogP contribution in [0.5, 0.6) is 0 Å². The highest BCUT2D eigenvalue weighted by Gasteiger charge is 2.33. The van der Waals surface area contributed by atoms with E-state index >= 15 is 0 Å². The van der Waals surface area contributed by atoms with Crippen LogP contribution in [-0.4, -0.2) is 31.1 Å². The molecular weight excluding hydrogens is 357 g/mol. The second-order valence-corrected chi connectivity index (χ2v) is 7.60. The summed E-state index contributed by atoms with van der Waals surface area (Å²) >= 11 is 7.92. The average molecular weight is 375 g/mol. The Morgan fingerprint density at radius 3 is 2.46 bits per heavy atom. The number of thiophene rings is 1. The third-order valence-corrected chi connectivity index (χ3v) is 5.56. The van der Waals surface area contributed by atoms with Crippen LogP contribution in [0.3, 0.4) is 0 Å². The molecule has 1 aromatic carbocycles. The van der Waals surface area contributed by atoms with Crippen molar-refractivity contribution in [1.29, 1.82) is 0 Å². The van der Waals surface area contributed by atoms with Gasteiger partial charge in [-0.3, -0.25) is 4.90 Å². The fourth-order valence-electron chi connectivity index (χ4n) is 3.00. The Labute approximate surface area is 148 Å². The van der Waals surface area contributed by atoms with Gasteiger partial charge in [-0.1, -0.05) is 11.6 Å². The standard InChI is InChI=1S/C17H18ClF3N2S/c1-11-2-5-15(24-11)16(23-8-6-22-7-9-23)13-10-12(17(19,20)21)3-4-14(13)18/h2-5,10,16,22H,6-9H2,1H3. The van der Waals surface area contributed by atoms with Gasteiger partial charge in [0.1, 0.15) is 0 Å². The van der Waals surface area contributed by atoms with E-state index in [1.807, 2.05) is 19.1 Å². The summed E-state index contributed by atoms with van der Waals surface area (Å²) in [5.41, 5.74) is -0.134. The molecule has 1 unspecified atom stereocenters. The molecule has 130 valence electrons. The molecule has 1 aromatic heterocycles. The van der Waals surface area contributed by atoms with Crippen molar-refractivity contribution in [2.24, 2.45) is 0 Å². The predicted molar refractivity (Wildman–Crippen MR) is 91.8 cm³/mol. The lowest BCUT2D eigenvalue weighted by Crippen LogP contribution is -2.45. The summed E-state index contributed by atoms with van der Waals surface area (Å²) in [5.74, 6) is 0. The van der Waals surface area contributed by atoms with Crippen molar-refractivity contribution in [3.05, 3.63) is 56.2 Å². The molecule has 1 fully saturated rings. The first kappa shape index (κ1) is 17.7. The average Bonchev–Trinajstić information content (AvgIpc) is 2.95. The van der Waals surface area contributed by atoms with Crippen LogP contribution in [0, 0.1) is 6.92 Å². The maximum Gasteiger partial charge on any atom is 0.416 e. The lowest BCUT2D eigenvalue weighted by molar-refractivity contribution is -0.137. The van der Waals surface area contributed by atoms with Gasteiger partial charge in [0.2, 0.25) is 0 Å². The first-order chi connectivity index (χ1) is 11.4. The largest absolute Gasteiger partial charge is 0.416 e. The molecule has 0 radical (unpaired) electrons. The number of piperazine rings is 1. The smallest absolute Gasteiger partial charge is 0.314 e. The Morgan fingerprint density at radius 2 is 1.88 bits per heavy atom. The van der Waals surface area contributed by atoms with Crippen LogP contribution in [0.2, 0.25) is 5.02 Å². The number of rotatable bonds is 3. The molecule has 1 atom stereocenters. The number of benzene rings is 1. The third kappa shape index (κ3) is 3.77. The van der Waals surface area contributed by atoms with E-state index in [-0.39, 0.29) is 6.04 Å². The van der Waals surface area contributed by atoms with Crippen molar-refractivity contribution in [2.75, 3.05) is 26.2 Å². The summed E-state index contributed by atoms with van der Waals surface area (Å²) in [7, 11) is 0. The lowest BCUT2D eigenvalue weighted by Gasteiger charge is -2.35. The number of halogens is 4. The van der Waals surface area contributed by atoms with Crippen LogP contribution in [0.15, 0.2) is 30.3 Å². The Hall–Kier alpha value is -1.08. The van der Waals surface area contributed by atoms with Crippen LogP contribution in [0.4, 0.5) is 13.2 Å². The van der Waals surface area contributed by atoms with Crippen molar-refractivity contribution in [2.45, 2.75) is 19.1 Å². The maximum absolute atomic E-state index is 13.1. The van der Waals surface area contributed by atoms with Gasteiger partial charge in [0.05, 0.1) is 11.6 Å². The molecule has 1 aliphatic rings. The van der Waals surface area contributed by atoms with Crippen molar-refractivity contribution < 1.29 is 13.2 Å². The van der Waals surface area contributed by atoms with E-state index in [1.54, 1.807) is 11.3 Å². The first-order valence-corrected chi connectivity index (χ1v) is 8.93. The minimum absolute atomic E-state index is 0.249. The molecule has 2 aromatic rings. The molecule has 1 saturated heterocycles. The molecule has 0 spiro atoms. The van der Waals surface area contributed by atoms with Crippen LogP contribution >= 0.6 is 22.9 Å². The fraction of sp³-hybridized carbons (Fsp3) is 0.412. The van der Waals surface area contributed by atoms with Gasteiger partial charge < -0.3 is 5.32 Å². The number of nitrogens with one attached hydrogen (secondary N) is 1. The van der Waals surface area contributed by atoms with Crippen LogP contribution in [0.25, 0.3) is 0 Å². The van der Waals surface area contributed by atoms with Gasteiger partial charge in [-0.2, -0.15) is 13.2 Å². The van der Waals surface area contributed by atoms with E-state index in [4.69, 9.17) is 11.6 Å². The van der Waals surface area contributed by atoms with E-state index in [9.17, 15) is 13.2 Å². The number of hydrogen-bond donors (Lipinski definition) is 1. The molecule has 1 N–H and O–H groups in total. The summed E-state index contributed by atoms with van der Waals surface area (Å²) in [4.78, 5) is 4.35. The highest BCUT2D eigenvalue weighted by molar-refractivity contribution is 7.12. The van der Waals surface area contributed by atoms with Gasteiger partial charge in [0, 0.05) is 41.0 Å². The van der Waals surface area contributed by atoms with E-state index in [0.717, 1.165) is 42.0 Å². The number of hydrogen-bond acceptors (Lipinski definition) is 3. The molecule has 7 heteroatoms. The Kier molecular flexibility index (Phi) is 5.20. The summed E-state index contributed by atoms with van der Waals surface area (Å²) in [5, 5.41) is 3.65. The molecule has 2 heterocycles. The Bertz CT molecular complexity index is 708. The third-order valence-electron chi connectivity index (χ3n) is 4.17. The zero-order chi connectivity index (χ0) is 17.3. The predicted octanol–water partition coefficient (Wildman–Crippen LogP) is 4.72. The van der Waals surface area contributed by atoms with Crippen molar-refractivity contribution >= 4 is 22.9 Å². The minimum atomic E-state index is -4.38. The van der Waals surface area contributed by atoms with Gasteiger partial charge in [-0.25, -0.2) is 0 Å². The number of nitrogens with zero attached hydrogens (tertiary/aromatic N) is 1. The molecule has 0 amide bonds. The zero-order valence-corrected chi connectivity index (χ0v) is 14.7. The summed E-state index contributed by atoms with van der Waals surface area (Å²) < 4.78 is 39.4. The Balaban J connectivity index is 2.08. The quantitative estimate of drug-likeness (QED) is 0.836. The molecule has 3 rings (SSSR count). The molecule has 0 bridgehead atoms. The summed E-state index contributed by atoms with van der Waals surface area (Å²) in [6, 6.07) is 7.33. The van der Waals surface area contributed by atoms with Crippen LogP contribution in [0.1, 0.15) is 26.9 Å². The van der Waals surface area contributed by atoms with Gasteiger partial charge in [0.25, 0.3) is 0 Å². The van der Waals surface area contributed by atoms with Gasteiger partial charge in [0.15, 0.2) is 0 Å². The molecular formula is C17H18ClF3N2S. The van der Waals surface area contributed by atoms with Crippen molar-refractivity contribution in [3.8, 4) is 0 Å². The fourth-order valence-corrected chi connectivity index (χ4v) is 4.25. The normalized spacial score (nSPS) is 17.9. The molecule has 1 aliphatic heterocycles. The van der Waals surface area contributed by atoms with Gasteiger partial charge in [-0.15, -0.1) is 11.3 Å². The van der Waals surface area contributed by atoms with Crippen LogP contribution < -0.4 is 5.32 Å². The van der Waals surface area contributed by atoms with Crippen molar-refractivity contribution in [3.63, 3.8) is 0 Å². The molecule has 2 nitrogen and oxygen atoms in total. The summed E-state index contributed by atoms with van der Waals surface area (Å²) in [6.45, 7) is 5.17. The summed E-state index contributed by atoms with van der Waals surface area (Å²) in [6.07, 6.45) is -4.38. The lowest BCUT2D eigenvalue weighted by atomic mass is 10.00. The van der Waals surface area contributed by atoms with E-state index in [0.29, 0.717) is 10.6 Å². The van der Waals surface area contributed by atoms with Crippen LogP contribution in [-0.2, 0) is 6.18 Å². The van der Waals surface area contributed by atoms with E-state index in [1.165, 1.54) is 12.1 Å². The minimum Gasteiger partial charge on any atom is -0.314 e. The molecule has 24 heavy (non-hydrogen) atoms.